The molecule has 1 saturated heterocycles. The van der Waals surface area contributed by atoms with Gasteiger partial charge in [-0.1, -0.05) is 0 Å². The maximum absolute atomic E-state index is 13.5. The smallest absolute Gasteiger partial charge is 0.416 e. The van der Waals surface area contributed by atoms with Crippen LogP contribution in [0.25, 0.3) is 0 Å². The summed E-state index contributed by atoms with van der Waals surface area (Å²) in [6.07, 6.45) is -3.16. The number of aromatic nitrogens is 2. The molecule has 0 aliphatic carbocycles. The van der Waals surface area contributed by atoms with Gasteiger partial charge in [0.25, 0.3) is 0 Å². The molecule has 1 fully saturated rings. The first-order chi connectivity index (χ1) is 17.7. The van der Waals surface area contributed by atoms with E-state index < -0.39 is 17.8 Å². The number of hydrogen-bond acceptors (Lipinski definition) is 7. The van der Waals surface area contributed by atoms with Gasteiger partial charge in [0, 0.05) is 57.2 Å². The zero-order chi connectivity index (χ0) is 26.4. The highest BCUT2D eigenvalue weighted by Gasteiger charge is 2.31. The molecule has 2 aromatic carbocycles. The average Bonchev–Trinajstić information content (AvgIpc) is 2.86. The molecular formula is C25H28F3N7O2. The summed E-state index contributed by atoms with van der Waals surface area (Å²) in [6, 6.07) is 11.1. The quantitative estimate of drug-likeness (QED) is 0.419. The molecule has 196 valence electrons. The second kappa shape index (κ2) is 11.4. The summed E-state index contributed by atoms with van der Waals surface area (Å²) in [5, 5.41) is 8.04. The number of nitrogens with zero attached hydrogens (tertiary/aromatic N) is 4. The maximum Gasteiger partial charge on any atom is 0.416 e. The topological polar surface area (TPSA) is 94.6 Å². The number of rotatable bonds is 7. The highest BCUT2D eigenvalue weighted by atomic mass is 19.4. The van der Waals surface area contributed by atoms with Gasteiger partial charge in [-0.25, -0.2) is 14.8 Å². The fourth-order valence-corrected chi connectivity index (χ4v) is 3.84. The van der Waals surface area contributed by atoms with E-state index in [0.29, 0.717) is 35.2 Å². The predicted molar refractivity (Wildman–Crippen MR) is 135 cm³/mol. The Balaban J connectivity index is 1.40. The Morgan fingerprint density at radius 1 is 0.973 bits per heavy atom. The molecule has 0 unspecified atom stereocenters. The second-order valence-corrected chi connectivity index (χ2v) is 8.69. The molecular weight excluding hydrogens is 487 g/mol. The lowest BCUT2D eigenvalue weighted by atomic mass is 10.1. The fourth-order valence-electron chi connectivity index (χ4n) is 3.84. The number of nitrogens with one attached hydrogen (secondary N) is 3. The van der Waals surface area contributed by atoms with Crippen molar-refractivity contribution in [3.63, 3.8) is 0 Å². The Morgan fingerprint density at radius 3 is 2.35 bits per heavy atom. The van der Waals surface area contributed by atoms with Gasteiger partial charge in [0.15, 0.2) is 0 Å². The van der Waals surface area contributed by atoms with Crippen molar-refractivity contribution >= 4 is 23.2 Å². The Hall–Kier alpha value is -3.90. The van der Waals surface area contributed by atoms with Crippen LogP contribution in [0.1, 0.15) is 11.1 Å². The van der Waals surface area contributed by atoms with Crippen molar-refractivity contribution in [2.45, 2.75) is 12.7 Å². The van der Waals surface area contributed by atoms with Crippen LogP contribution in [0.5, 0.6) is 11.6 Å². The molecule has 0 atom stereocenters. The molecule has 3 N–H and O–H groups in total. The second-order valence-electron chi connectivity index (χ2n) is 8.69. The van der Waals surface area contributed by atoms with Gasteiger partial charge in [0.1, 0.15) is 17.9 Å². The molecule has 0 radical (unpaired) electrons. The van der Waals surface area contributed by atoms with E-state index >= 15 is 0 Å². The first kappa shape index (κ1) is 26.2. The molecule has 1 aliphatic heterocycles. The number of carbonyl (C=O) groups excluding carboxylic acids is 1. The third-order valence-electron chi connectivity index (χ3n) is 5.81. The fraction of sp³-hybridized carbons (Fsp3) is 0.320. The number of alkyl halides is 3. The molecule has 3 aromatic rings. The Kier molecular flexibility index (Phi) is 8.09. The molecule has 12 heteroatoms. The van der Waals surface area contributed by atoms with E-state index in [-0.39, 0.29) is 5.69 Å². The summed E-state index contributed by atoms with van der Waals surface area (Å²) in [5.41, 5.74) is 0.193. The number of urea groups is 1. The van der Waals surface area contributed by atoms with Gasteiger partial charge in [-0.2, -0.15) is 13.2 Å². The van der Waals surface area contributed by atoms with E-state index in [1.165, 1.54) is 6.33 Å². The first-order valence-corrected chi connectivity index (χ1v) is 11.7. The van der Waals surface area contributed by atoms with Crippen LogP contribution in [0.15, 0.2) is 54.9 Å². The summed E-state index contributed by atoms with van der Waals surface area (Å²) in [7, 11) is 3.74. The highest BCUT2D eigenvalue weighted by molar-refractivity contribution is 5.99. The van der Waals surface area contributed by atoms with Crippen LogP contribution < -0.4 is 20.7 Å². The third-order valence-corrected chi connectivity index (χ3v) is 5.81. The van der Waals surface area contributed by atoms with Gasteiger partial charge in [-0.15, -0.1) is 0 Å². The van der Waals surface area contributed by atoms with Gasteiger partial charge in [-0.3, -0.25) is 4.90 Å². The van der Waals surface area contributed by atoms with Gasteiger partial charge < -0.3 is 25.6 Å². The van der Waals surface area contributed by atoms with Crippen LogP contribution in [-0.4, -0.2) is 66.1 Å². The number of halogens is 3. The van der Waals surface area contributed by atoms with Crippen LogP contribution in [0.4, 0.5) is 35.2 Å². The lowest BCUT2D eigenvalue weighted by molar-refractivity contribution is -0.137. The lowest BCUT2D eigenvalue weighted by Crippen LogP contribution is -2.43. The van der Waals surface area contributed by atoms with E-state index in [0.717, 1.165) is 38.3 Å². The number of piperazine rings is 1. The van der Waals surface area contributed by atoms with E-state index in [4.69, 9.17) is 4.74 Å². The molecule has 1 aromatic heterocycles. The van der Waals surface area contributed by atoms with Crippen molar-refractivity contribution in [2.75, 3.05) is 56.2 Å². The molecule has 0 saturated carbocycles. The van der Waals surface area contributed by atoms with Crippen molar-refractivity contribution in [3.8, 4) is 11.6 Å². The molecule has 2 heterocycles. The molecule has 0 spiro atoms. The molecule has 37 heavy (non-hydrogen) atoms. The molecule has 4 rings (SSSR count). The van der Waals surface area contributed by atoms with Gasteiger partial charge >= 0.3 is 12.2 Å². The summed E-state index contributed by atoms with van der Waals surface area (Å²) >= 11 is 0. The van der Waals surface area contributed by atoms with E-state index in [9.17, 15) is 18.0 Å². The zero-order valence-electron chi connectivity index (χ0n) is 20.5. The molecule has 1 aliphatic rings. The van der Waals surface area contributed by atoms with Crippen molar-refractivity contribution in [2.24, 2.45) is 0 Å². The number of amides is 2. The molecule has 9 nitrogen and oxygen atoms in total. The van der Waals surface area contributed by atoms with Crippen molar-refractivity contribution in [1.82, 2.24) is 19.8 Å². The number of ether oxygens (including phenoxy) is 1. The summed E-state index contributed by atoms with van der Waals surface area (Å²) in [6.45, 7) is 3.61. The number of likely N-dealkylation sites (N-methyl/N-ethyl adjacent to an activating group) is 1. The van der Waals surface area contributed by atoms with E-state index in [2.05, 4.69) is 35.7 Å². The molecule has 0 bridgehead atoms. The lowest BCUT2D eigenvalue weighted by Gasteiger charge is -2.32. The Labute approximate surface area is 212 Å². The van der Waals surface area contributed by atoms with Gasteiger partial charge in [0.2, 0.25) is 5.88 Å². The van der Waals surface area contributed by atoms with Crippen molar-refractivity contribution in [3.05, 3.63) is 66.0 Å². The predicted octanol–water partition coefficient (Wildman–Crippen LogP) is 4.72. The normalized spacial score (nSPS) is 14.7. The number of carbonyl (C=O) groups is 1. The van der Waals surface area contributed by atoms with Crippen molar-refractivity contribution < 1.29 is 22.7 Å². The van der Waals surface area contributed by atoms with E-state index in [1.807, 2.05) is 7.05 Å². The average molecular weight is 516 g/mol. The zero-order valence-corrected chi connectivity index (χ0v) is 20.5. The number of benzene rings is 2. The van der Waals surface area contributed by atoms with Crippen LogP contribution in [0.3, 0.4) is 0 Å². The number of hydrogen-bond donors (Lipinski definition) is 3. The van der Waals surface area contributed by atoms with Crippen LogP contribution in [0.2, 0.25) is 0 Å². The van der Waals surface area contributed by atoms with Crippen LogP contribution in [-0.2, 0) is 12.7 Å². The maximum atomic E-state index is 13.5. The number of anilines is 3. The van der Waals surface area contributed by atoms with Crippen LogP contribution in [0, 0.1) is 0 Å². The Bertz CT molecular complexity index is 1210. The molecule has 2 amide bonds. The minimum atomic E-state index is -4.53. The Morgan fingerprint density at radius 2 is 1.68 bits per heavy atom. The highest BCUT2D eigenvalue weighted by Crippen LogP contribution is 2.32. The van der Waals surface area contributed by atoms with Crippen LogP contribution >= 0.6 is 0 Å². The summed E-state index contributed by atoms with van der Waals surface area (Å²) < 4.78 is 46.2. The minimum Gasteiger partial charge on any atom is -0.439 e. The SMILES string of the molecule is CNc1cc(Oc2ccc(NC(=O)Nc3cc(CN4CCN(C)CC4)cc(C(F)(F)F)c3)cc2)ncn1. The summed E-state index contributed by atoms with van der Waals surface area (Å²) in [4.78, 5) is 24.9. The largest absolute Gasteiger partial charge is 0.439 e. The standard InChI is InChI=1S/C25H28F3N7O2/c1-29-22-14-23(31-16-30-22)37-21-5-3-19(4-6-21)32-24(36)33-20-12-17(11-18(13-20)25(26,27)28)15-35-9-7-34(2)8-10-35/h3-6,11-14,16H,7-10,15H2,1-2H3,(H,29,30,31)(H2,32,33,36). The summed E-state index contributed by atoms with van der Waals surface area (Å²) in [5.74, 6) is 1.43. The third kappa shape index (κ3) is 7.54. The van der Waals surface area contributed by atoms with Gasteiger partial charge in [-0.05, 0) is 55.1 Å². The van der Waals surface area contributed by atoms with E-state index in [1.54, 1.807) is 43.4 Å². The first-order valence-electron chi connectivity index (χ1n) is 11.7. The minimum absolute atomic E-state index is 0.0699. The van der Waals surface area contributed by atoms with Gasteiger partial charge in [0.05, 0.1) is 5.56 Å². The van der Waals surface area contributed by atoms with Crippen molar-refractivity contribution in [1.29, 1.82) is 0 Å². The monoisotopic (exact) mass is 515 g/mol.